The van der Waals surface area contributed by atoms with Crippen LogP contribution in [-0.2, 0) is 20.8 Å². The van der Waals surface area contributed by atoms with Crippen LogP contribution in [0, 0.1) is 12.7 Å². The maximum absolute atomic E-state index is 13.5. The van der Waals surface area contributed by atoms with Gasteiger partial charge in [-0.3, -0.25) is 0 Å². The fourth-order valence-corrected chi connectivity index (χ4v) is 6.12. The van der Waals surface area contributed by atoms with Gasteiger partial charge in [0.25, 0.3) is 0 Å². The van der Waals surface area contributed by atoms with Gasteiger partial charge in [0, 0.05) is 24.9 Å². The van der Waals surface area contributed by atoms with E-state index in [0.29, 0.717) is 23.5 Å². The van der Waals surface area contributed by atoms with Gasteiger partial charge in [0.05, 0.1) is 27.1 Å². The number of carboxylic acid groups (broad SMARTS) is 1. The van der Waals surface area contributed by atoms with Crippen molar-refractivity contribution >= 4 is 33.2 Å². The van der Waals surface area contributed by atoms with E-state index in [1.807, 2.05) is 0 Å². The third-order valence-corrected chi connectivity index (χ3v) is 8.00. The number of alkyl halides is 3. The molecule has 1 saturated heterocycles. The molecular weight excluding hydrogens is 516 g/mol. The summed E-state index contributed by atoms with van der Waals surface area (Å²) in [6, 6.07) is 4.45. The average molecular weight is 533 g/mol. The highest BCUT2D eigenvalue weighted by Crippen LogP contribution is 2.39. The Kier molecular flexibility index (Phi) is 6.26. The van der Waals surface area contributed by atoms with Gasteiger partial charge in [-0.1, -0.05) is 11.6 Å². The van der Waals surface area contributed by atoms with E-state index in [0.717, 1.165) is 0 Å². The molecule has 3 aromatic rings. The molecule has 2 atom stereocenters. The molecule has 8 nitrogen and oxygen atoms in total. The smallest absolute Gasteiger partial charge is 0.417 e. The second-order valence-corrected chi connectivity index (χ2v) is 10.5. The van der Waals surface area contributed by atoms with Crippen molar-refractivity contribution in [1.29, 1.82) is 0 Å². The summed E-state index contributed by atoms with van der Waals surface area (Å²) >= 11 is 5.95. The van der Waals surface area contributed by atoms with Gasteiger partial charge in [-0.15, -0.1) is 0 Å². The molecule has 1 fully saturated rings. The molecule has 1 aliphatic heterocycles. The molecule has 186 valence electrons. The Morgan fingerprint density at radius 3 is 2.54 bits per heavy atom. The summed E-state index contributed by atoms with van der Waals surface area (Å²) in [4.78, 5) is 16.1. The average Bonchev–Trinajstić information content (AvgIpc) is 3.37. The number of benzene rings is 1. The van der Waals surface area contributed by atoms with Crippen molar-refractivity contribution in [2.75, 3.05) is 11.4 Å². The third-order valence-electron chi connectivity index (χ3n) is 5.60. The molecule has 0 radical (unpaired) electrons. The monoisotopic (exact) mass is 532 g/mol. The number of halogens is 5. The van der Waals surface area contributed by atoms with Crippen LogP contribution in [0.15, 0.2) is 47.5 Å². The Hall–Kier alpha value is -3.19. The van der Waals surface area contributed by atoms with Crippen LogP contribution in [-0.4, -0.2) is 52.1 Å². The lowest BCUT2D eigenvalue weighted by atomic mass is 10.2. The topological polar surface area (TPSA) is 105 Å². The summed E-state index contributed by atoms with van der Waals surface area (Å²) in [6.45, 7) is 1.20. The van der Waals surface area contributed by atoms with E-state index in [-0.39, 0.29) is 17.0 Å². The van der Waals surface area contributed by atoms with Crippen molar-refractivity contribution < 1.29 is 35.9 Å². The van der Waals surface area contributed by atoms with E-state index in [4.69, 9.17) is 11.6 Å². The fraction of sp³-hybridized carbons (Fsp3) is 0.286. The summed E-state index contributed by atoms with van der Waals surface area (Å²) in [5.41, 5.74) is -0.752. The molecule has 1 aromatic carbocycles. The van der Waals surface area contributed by atoms with Crippen molar-refractivity contribution in [3.63, 3.8) is 0 Å². The molecule has 0 amide bonds. The number of hydrogen-bond donors (Lipinski definition) is 1. The molecular formula is C21H17ClF4N4O4S. The lowest BCUT2D eigenvalue weighted by molar-refractivity contribution is -0.140. The van der Waals surface area contributed by atoms with Crippen molar-refractivity contribution in [3.05, 3.63) is 64.8 Å². The summed E-state index contributed by atoms with van der Waals surface area (Å²) in [5, 5.41) is 12.7. The number of hydrogen-bond acceptors (Lipinski definition) is 6. The summed E-state index contributed by atoms with van der Waals surface area (Å²) in [7, 11) is -4.71. The highest BCUT2D eigenvalue weighted by molar-refractivity contribution is 7.92. The van der Waals surface area contributed by atoms with Crippen molar-refractivity contribution in [2.45, 2.75) is 35.7 Å². The van der Waals surface area contributed by atoms with Gasteiger partial charge in [-0.25, -0.2) is 27.3 Å². The van der Waals surface area contributed by atoms with Crippen LogP contribution in [0.2, 0.25) is 5.15 Å². The van der Waals surface area contributed by atoms with Gasteiger partial charge in [-0.05, 0) is 37.6 Å². The molecule has 1 N–H and O–H groups in total. The molecule has 1 aliphatic rings. The number of rotatable bonds is 5. The maximum atomic E-state index is 13.5. The predicted octanol–water partition coefficient (Wildman–Crippen LogP) is 3.89. The van der Waals surface area contributed by atoms with E-state index in [2.05, 4.69) is 10.1 Å². The van der Waals surface area contributed by atoms with E-state index >= 15 is 0 Å². The molecule has 2 aromatic heterocycles. The van der Waals surface area contributed by atoms with Crippen LogP contribution in [0.3, 0.4) is 0 Å². The maximum Gasteiger partial charge on any atom is 0.417 e. The highest BCUT2D eigenvalue weighted by Gasteiger charge is 2.47. The van der Waals surface area contributed by atoms with E-state index in [9.17, 15) is 35.9 Å². The van der Waals surface area contributed by atoms with Gasteiger partial charge in [0.1, 0.15) is 22.8 Å². The molecule has 0 spiro atoms. The predicted molar refractivity (Wildman–Crippen MR) is 117 cm³/mol. The minimum Gasteiger partial charge on any atom is -0.480 e. The quantitative estimate of drug-likeness (QED) is 0.302. The minimum absolute atomic E-state index is 0.111. The zero-order valence-corrected chi connectivity index (χ0v) is 19.4. The number of sulfone groups is 1. The summed E-state index contributed by atoms with van der Waals surface area (Å²) < 4.78 is 81.9. The largest absolute Gasteiger partial charge is 0.480 e. The number of aryl methyl sites for hydroxylation is 1. The van der Waals surface area contributed by atoms with Crippen molar-refractivity contribution in [2.24, 2.45) is 0 Å². The summed E-state index contributed by atoms with van der Waals surface area (Å²) in [5.74, 6) is -2.40. The van der Waals surface area contributed by atoms with Crippen LogP contribution in [0.25, 0.3) is 5.69 Å². The Labute approximate surface area is 201 Å². The second kappa shape index (κ2) is 8.79. The lowest BCUT2D eigenvalue weighted by Gasteiger charge is -2.24. The zero-order chi connectivity index (χ0) is 25.7. The Balaban J connectivity index is 1.78. The van der Waals surface area contributed by atoms with E-state index in [1.165, 1.54) is 27.9 Å². The number of carboxylic acids is 1. The van der Waals surface area contributed by atoms with Gasteiger partial charge >= 0.3 is 12.1 Å². The molecule has 14 heteroatoms. The van der Waals surface area contributed by atoms with E-state index in [1.54, 1.807) is 13.0 Å². The first-order valence-corrected chi connectivity index (χ1v) is 12.0. The lowest BCUT2D eigenvalue weighted by Crippen LogP contribution is -2.37. The number of pyridine rings is 1. The fourth-order valence-electron chi connectivity index (χ4n) is 4.07. The molecule has 35 heavy (non-hydrogen) atoms. The van der Waals surface area contributed by atoms with Gasteiger partial charge in [0.15, 0.2) is 9.84 Å². The van der Waals surface area contributed by atoms with Gasteiger partial charge in [-0.2, -0.15) is 18.3 Å². The second-order valence-electron chi connectivity index (χ2n) is 7.94. The standard InChI is InChI=1S/C21H17ClF4N4O4S/c1-11-6-19(30(28-11)13-4-5-27-18(22)8-13)29-10-14(9-16(29)20(31)32)35(33,34)17-3-2-12(23)7-15(17)21(24,25)26/h2-8,14,16H,9-10H2,1H3,(H,31,32). The number of aromatic nitrogens is 3. The Morgan fingerprint density at radius 2 is 1.91 bits per heavy atom. The molecule has 3 heterocycles. The zero-order valence-electron chi connectivity index (χ0n) is 17.9. The minimum atomic E-state index is -5.13. The molecule has 2 unspecified atom stereocenters. The van der Waals surface area contributed by atoms with Crippen LogP contribution < -0.4 is 4.90 Å². The molecule has 0 saturated carbocycles. The third kappa shape index (κ3) is 4.69. The molecule has 0 aliphatic carbocycles. The first-order chi connectivity index (χ1) is 16.3. The van der Waals surface area contributed by atoms with E-state index < -0.39 is 62.5 Å². The Morgan fingerprint density at radius 1 is 1.20 bits per heavy atom. The van der Waals surface area contributed by atoms with Gasteiger partial charge < -0.3 is 10.0 Å². The number of anilines is 1. The Bertz CT molecular complexity index is 1410. The normalized spacial score (nSPS) is 18.7. The van der Waals surface area contributed by atoms with Crippen molar-refractivity contribution in [3.8, 4) is 5.69 Å². The van der Waals surface area contributed by atoms with Crippen LogP contribution >= 0.6 is 11.6 Å². The first-order valence-electron chi connectivity index (χ1n) is 10.1. The molecule has 0 bridgehead atoms. The van der Waals surface area contributed by atoms with Crippen LogP contribution in [0.4, 0.5) is 23.4 Å². The number of nitrogens with zero attached hydrogens (tertiary/aromatic N) is 4. The highest BCUT2D eigenvalue weighted by atomic mass is 35.5. The SMILES string of the molecule is Cc1cc(N2CC(S(=O)(=O)c3ccc(F)cc3C(F)(F)F)CC2C(=O)O)n(-c2ccnc(Cl)c2)n1. The summed E-state index contributed by atoms with van der Waals surface area (Å²) in [6.07, 6.45) is -4.23. The number of carbonyl (C=O) groups is 1. The molecule has 4 rings (SSSR count). The van der Waals surface area contributed by atoms with Gasteiger partial charge in [0.2, 0.25) is 0 Å². The van der Waals surface area contributed by atoms with Crippen molar-refractivity contribution in [1.82, 2.24) is 14.8 Å². The van der Waals surface area contributed by atoms with Crippen LogP contribution in [0.1, 0.15) is 17.7 Å². The number of aliphatic carboxylic acids is 1. The first kappa shape index (κ1) is 24.9. The van der Waals surface area contributed by atoms with Crippen LogP contribution in [0.5, 0.6) is 0 Å².